The number of nitriles is 1. The Morgan fingerprint density at radius 2 is 0.701 bits per heavy atom. The van der Waals surface area contributed by atoms with Crippen LogP contribution in [-0.4, -0.2) is 39.8 Å². The number of benzene rings is 14. The maximum atomic E-state index is 10.3. The van der Waals surface area contributed by atoms with Crippen LogP contribution >= 0.6 is 0 Å². The van der Waals surface area contributed by atoms with Crippen LogP contribution in [0.25, 0.3) is 105 Å². The second kappa shape index (κ2) is 23.5. The molecule has 0 fully saturated rings. The summed E-state index contributed by atoms with van der Waals surface area (Å²) in [6.07, 6.45) is 0. The first-order chi connectivity index (χ1) is 48.1. The molecule has 0 amide bonds. The SMILES string of the molecule is N#Cc1ccc2c(c1)c1ccccc1n2-c1cc(-c2ccc([Si](c3ccccc3)(c3ccccc3)c3cccc(-c4ccccc4)c3)cc2)nc(-n2c3ccccc3c3ccc4c(c5ccccc5n4-c4cccc([Si](c5ccccc5)(c5ccccc5)c5ccccc5)c4)c32)n1. The third kappa shape index (κ3) is 9.12. The van der Waals surface area contributed by atoms with Crippen LogP contribution in [0.2, 0.25) is 0 Å². The Bertz CT molecular complexity index is 5930. The van der Waals surface area contributed by atoms with Gasteiger partial charge in [-0.1, -0.05) is 303 Å². The van der Waals surface area contributed by atoms with Gasteiger partial charge in [0.25, 0.3) is 0 Å². The summed E-state index contributed by atoms with van der Waals surface area (Å²) >= 11 is 0. The van der Waals surface area contributed by atoms with E-state index in [1.54, 1.807) is 0 Å². The van der Waals surface area contributed by atoms with E-state index < -0.39 is 16.1 Å². The minimum Gasteiger partial charge on any atom is -0.309 e. The van der Waals surface area contributed by atoms with E-state index in [2.05, 4.69) is 372 Å². The number of fused-ring (bicyclic) bond motifs is 10. The van der Waals surface area contributed by atoms with Crippen LogP contribution in [0.1, 0.15) is 5.56 Å². The highest BCUT2D eigenvalue weighted by Gasteiger charge is 2.43. The molecule has 0 radical (unpaired) electrons. The standard InChI is InChI=1S/C89H60N6Si2/c90-61-62-49-55-84-79(57-62)76-44-20-22-46-81(76)94(84)86-60-80(64-50-52-72(53-51-64)97(70-37-15-5-16-38-70,71-39-17-6-18-40-71)73-41-25-29-65(58-73)63-27-7-1-8-28-63)91-89(92-86)95-82-47-23-19-43-75(82)77-54-56-85-87(88(77)95)78-45-21-24-48-83(78)93(85)66-30-26-42-74(59-66)96(67-31-9-2-10-32-67,68-33-11-3-12-34-68)69-35-13-4-14-36-69/h1-60H. The highest BCUT2D eigenvalue weighted by molar-refractivity contribution is 7.20. The first-order valence-electron chi connectivity index (χ1n) is 33.0. The summed E-state index contributed by atoms with van der Waals surface area (Å²) in [4.78, 5) is 11.7. The van der Waals surface area contributed by atoms with Gasteiger partial charge in [-0.2, -0.15) is 10.2 Å². The van der Waals surface area contributed by atoms with E-state index in [-0.39, 0.29) is 0 Å². The molecule has 4 aromatic heterocycles. The van der Waals surface area contributed by atoms with Gasteiger partial charge in [-0.3, -0.25) is 9.13 Å². The van der Waals surface area contributed by atoms with Crippen LogP contribution in [0.4, 0.5) is 0 Å². The van der Waals surface area contributed by atoms with Crippen molar-refractivity contribution in [2.45, 2.75) is 0 Å². The maximum Gasteiger partial charge on any atom is 0.237 e. The molecule has 0 bridgehead atoms. The zero-order chi connectivity index (χ0) is 64.4. The molecule has 4 heterocycles. The van der Waals surface area contributed by atoms with Gasteiger partial charge in [0.15, 0.2) is 16.1 Å². The molecule has 6 nitrogen and oxygen atoms in total. The Hall–Kier alpha value is -12.5. The van der Waals surface area contributed by atoms with Crippen molar-refractivity contribution in [3.8, 4) is 45.9 Å². The van der Waals surface area contributed by atoms with Gasteiger partial charge < -0.3 is 4.57 Å². The summed E-state index contributed by atoms with van der Waals surface area (Å²) in [7, 11) is -5.94. The lowest BCUT2D eigenvalue weighted by Crippen LogP contribution is -2.74. The van der Waals surface area contributed by atoms with Gasteiger partial charge in [0.2, 0.25) is 5.95 Å². The molecule has 97 heavy (non-hydrogen) atoms. The quantitative estimate of drug-likeness (QED) is 0.0853. The zero-order valence-corrected chi connectivity index (χ0v) is 54.8. The van der Waals surface area contributed by atoms with Gasteiger partial charge in [-0.15, -0.1) is 0 Å². The zero-order valence-electron chi connectivity index (χ0n) is 52.8. The summed E-state index contributed by atoms with van der Waals surface area (Å²) in [5, 5.41) is 27.1. The minimum atomic E-state index is -3.02. The van der Waals surface area contributed by atoms with Gasteiger partial charge in [-0.05, 0) is 107 Å². The smallest absolute Gasteiger partial charge is 0.237 e. The van der Waals surface area contributed by atoms with Gasteiger partial charge >= 0.3 is 0 Å². The fourth-order valence-electron chi connectivity index (χ4n) is 15.8. The van der Waals surface area contributed by atoms with Crippen LogP contribution in [0.3, 0.4) is 0 Å². The molecule has 18 rings (SSSR count). The second-order valence-electron chi connectivity index (χ2n) is 25.1. The van der Waals surface area contributed by atoms with Crippen molar-refractivity contribution in [1.82, 2.24) is 23.7 Å². The molecule has 0 spiro atoms. The molecule has 8 heteroatoms. The van der Waals surface area contributed by atoms with Crippen molar-refractivity contribution >= 4 is 123 Å². The van der Waals surface area contributed by atoms with Crippen molar-refractivity contribution in [3.63, 3.8) is 0 Å². The second-order valence-corrected chi connectivity index (χ2v) is 32.7. The summed E-state index contributed by atoms with van der Waals surface area (Å²) in [6, 6.07) is 136. The molecular formula is C89H60N6Si2. The average molecular weight is 1270 g/mol. The molecule has 454 valence electrons. The van der Waals surface area contributed by atoms with E-state index in [0.29, 0.717) is 17.3 Å². The maximum absolute atomic E-state index is 10.3. The third-order valence-electron chi connectivity index (χ3n) is 20.0. The molecular weight excluding hydrogens is 1210 g/mol. The number of para-hydroxylation sites is 3. The number of aromatic nitrogens is 5. The molecule has 0 atom stereocenters. The average Bonchev–Trinajstić information content (AvgIpc) is 1.60. The summed E-state index contributed by atoms with van der Waals surface area (Å²) < 4.78 is 7.05. The monoisotopic (exact) mass is 1270 g/mol. The third-order valence-corrected chi connectivity index (χ3v) is 29.5. The Kier molecular flexibility index (Phi) is 13.8. The van der Waals surface area contributed by atoms with E-state index in [1.165, 1.54) is 52.6 Å². The highest BCUT2D eigenvalue weighted by atomic mass is 28.3. The Morgan fingerprint density at radius 3 is 1.27 bits per heavy atom. The lowest BCUT2D eigenvalue weighted by atomic mass is 10.1. The normalized spacial score (nSPS) is 11.9. The molecule has 18 aromatic rings. The highest BCUT2D eigenvalue weighted by Crippen LogP contribution is 2.43. The number of rotatable bonds is 13. The largest absolute Gasteiger partial charge is 0.309 e. The molecule has 0 unspecified atom stereocenters. The van der Waals surface area contributed by atoms with Crippen LogP contribution in [0, 0.1) is 11.3 Å². The summed E-state index contributed by atoms with van der Waals surface area (Å²) in [5.41, 5.74) is 11.9. The molecule has 0 saturated heterocycles. The van der Waals surface area contributed by atoms with Crippen LogP contribution in [0.5, 0.6) is 0 Å². The first kappa shape index (κ1) is 57.2. The number of nitrogens with zero attached hydrogens (tertiary/aromatic N) is 6. The van der Waals surface area contributed by atoms with E-state index in [4.69, 9.17) is 9.97 Å². The van der Waals surface area contributed by atoms with Crippen molar-refractivity contribution in [3.05, 3.63) is 370 Å². The number of hydrogen-bond acceptors (Lipinski definition) is 3. The van der Waals surface area contributed by atoms with Gasteiger partial charge in [0.05, 0.1) is 50.4 Å². The first-order valence-corrected chi connectivity index (χ1v) is 37.0. The molecule has 0 saturated carbocycles. The van der Waals surface area contributed by atoms with Crippen molar-refractivity contribution in [1.29, 1.82) is 5.26 Å². The number of hydrogen-bond donors (Lipinski definition) is 0. The summed E-state index contributed by atoms with van der Waals surface area (Å²) in [6.45, 7) is 0. The summed E-state index contributed by atoms with van der Waals surface area (Å²) in [5.74, 6) is 1.24. The van der Waals surface area contributed by atoms with Gasteiger partial charge in [-0.25, -0.2) is 4.98 Å². The van der Waals surface area contributed by atoms with E-state index >= 15 is 0 Å². The molecule has 14 aromatic carbocycles. The van der Waals surface area contributed by atoms with Crippen molar-refractivity contribution in [2.24, 2.45) is 0 Å². The van der Waals surface area contributed by atoms with Crippen molar-refractivity contribution in [2.75, 3.05) is 0 Å². The predicted molar refractivity (Wildman–Crippen MR) is 408 cm³/mol. The van der Waals surface area contributed by atoms with Crippen LogP contribution in [-0.2, 0) is 0 Å². The lowest BCUT2D eigenvalue weighted by molar-refractivity contribution is 0.953. The van der Waals surface area contributed by atoms with Crippen LogP contribution < -0.4 is 41.5 Å². The topological polar surface area (TPSA) is 64.4 Å². The van der Waals surface area contributed by atoms with Gasteiger partial charge in [0.1, 0.15) is 5.82 Å². The molecule has 0 aliphatic heterocycles. The molecule has 0 aliphatic rings. The Balaban J connectivity index is 0.890. The predicted octanol–water partition coefficient (Wildman–Crippen LogP) is 15.7. The minimum absolute atomic E-state index is 0.535. The van der Waals surface area contributed by atoms with E-state index in [0.717, 1.165) is 82.4 Å². The van der Waals surface area contributed by atoms with E-state index in [1.807, 2.05) is 12.1 Å². The Morgan fingerprint density at radius 1 is 0.268 bits per heavy atom. The molecule has 0 N–H and O–H groups in total. The fraction of sp³-hybridized carbons (Fsp3) is 0. The van der Waals surface area contributed by atoms with Gasteiger partial charge in [0, 0.05) is 49.6 Å². The fourth-order valence-corrected chi connectivity index (χ4v) is 25.4. The van der Waals surface area contributed by atoms with Crippen LogP contribution in [0.15, 0.2) is 364 Å². The van der Waals surface area contributed by atoms with E-state index in [9.17, 15) is 5.26 Å². The Labute approximate surface area is 563 Å². The van der Waals surface area contributed by atoms with Crippen molar-refractivity contribution < 1.29 is 0 Å². The molecule has 0 aliphatic carbocycles. The lowest BCUT2D eigenvalue weighted by Gasteiger charge is -2.34.